The maximum atomic E-state index is 11.0. The lowest BCUT2D eigenvalue weighted by molar-refractivity contribution is -0.384. The molecule has 1 aromatic carbocycles. The molecule has 1 aliphatic rings. The first kappa shape index (κ1) is 17.9. The second-order valence-electron chi connectivity index (χ2n) is 6.72. The summed E-state index contributed by atoms with van der Waals surface area (Å²) in [5.74, 6) is 0. The van der Waals surface area contributed by atoms with E-state index < -0.39 is 0 Å². The van der Waals surface area contributed by atoms with Crippen LogP contribution in [0.3, 0.4) is 0 Å². The SMILES string of the molecule is CCCCCN(CCCCC)C1Cc2ccc([N+](=O)[O-])cc2C1. The van der Waals surface area contributed by atoms with Gasteiger partial charge in [0.25, 0.3) is 5.69 Å². The van der Waals surface area contributed by atoms with Gasteiger partial charge in [-0.05, 0) is 49.9 Å². The molecule has 0 radical (unpaired) electrons. The quantitative estimate of drug-likeness (QED) is 0.355. The highest BCUT2D eigenvalue weighted by Gasteiger charge is 2.27. The first-order chi connectivity index (χ1) is 11.2. The Morgan fingerprint density at radius 1 is 1.04 bits per heavy atom. The van der Waals surface area contributed by atoms with Crippen LogP contribution in [0.2, 0.25) is 0 Å². The summed E-state index contributed by atoms with van der Waals surface area (Å²) in [5, 5.41) is 11.0. The topological polar surface area (TPSA) is 46.4 Å². The molecule has 0 saturated carbocycles. The summed E-state index contributed by atoms with van der Waals surface area (Å²) >= 11 is 0. The zero-order chi connectivity index (χ0) is 16.7. The van der Waals surface area contributed by atoms with E-state index in [4.69, 9.17) is 0 Å². The first-order valence-electron chi connectivity index (χ1n) is 9.16. The third-order valence-corrected chi connectivity index (χ3v) is 4.93. The van der Waals surface area contributed by atoms with E-state index in [9.17, 15) is 10.1 Å². The van der Waals surface area contributed by atoms with Crippen molar-refractivity contribution in [3.05, 3.63) is 39.4 Å². The van der Waals surface area contributed by atoms with Gasteiger partial charge in [-0.3, -0.25) is 15.0 Å². The van der Waals surface area contributed by atoms with E-state index in [0.717, 1.165) is 25.9 Å². The van der Waals surface area contributed by atoms with Crippen molar-refractivity contribution in [1.29, 1.82) is 0 Å². The maximum absolute atomic E-state index is 11.0. The molecule has 2 rings (SSSR count). The fraction of sp³-hybridized carbons (Fsp3) is 0.684. The Bertz CT molecular complexity index is 506. The molecule has 0 aliphatic heterocycles. The summed E-state index contributed by atoms with van der Waals surface area (Å²) in [6.07, 6.45) is 9.61. The summed E-state index contributed by atoms with van der Waals surface area (Å²) < 4.78 is 0. The molecular formula is C19H30N2O2. The highest BCUT2D eigenvalue weighted by molar-refractivity contribution is 5.43. The average Bonchev–Trinajstić information content (AvgIpc) is 2.96. The van der Waals surface area contributed by atoms with Gasteiger partial charge in [-0.2, -0.15) is 0 Å². The van der Waals surface area contributed by atoms with Gasteiger partial charge in [0.1, 0.15) is 0 Å². The van der Waals surface area contributed by atoms with Gasteiger partial charge in [0, 0.05) is 18.2 Å². The predicted octanol–water partition coefficient (Wildman–Crippen LogP) is 4.74. The van der Waals surface area contributed by atoms with Crippen molar-refractivity contribution in [3.8, 4) is 0 Å². The van der Waals surface area contributed by atoms with Gasteiger partial charge in [-0.15, -0.1) is 0 Å². The molecule has 128 valence electrons. The van der Waals surface area contributed by atoms with E-state index in [-0.39, 0.29) is 10.6 Å². The van der Waals surface area contributed by atoms with Crippen LogP contribution in [0, 0.1) is 10.1 Å². The largest absolute Gasteiger partial charge is 0.300 e. The third-order valence-electron chi connectivity index (χ3n) is 4.93. The monoisotopic (exact) mass is 318 g/mol. The molecule has 0 aromatic heterocycles. The fourth-order valence-corrected chi connectivity index (χ4v) is 3.56. The van der Waals surface area contributed by atoms with Crippen LogP contribution in [0.15, 0.2) is 18.2 Å². The number of non-ortho nitro benzene ring substituents is 1. The number of fused-ring (bicyclic) bond motifs is 1. The molecule has 0 bridgehead atoms. The lowest BCUT2D eigenvalue weighted by Crippen LogP contribution is -2.37. The van der Waals surface area contributed by atoms with Gasteiger partial charge < -0.3 is 0 Å². The molecule has 0 fully saturated rings. The van der Waals surface area contributed by atoms with Crippen LogP contribution in [-0.2, 0) is 12.8 Å². The van der Waals surface area contributed by atoms with Crippen molar-refractivity contribution in [2.24, 2.45) is 0 Å². The number of hydrogen-bond donors (Lipinski definition) is 0. The van der Waals surface area contributed by atoms with E-state index >= 15 is 0 Å². The average molecular weight is 318 g/mol. The molecule has 1 aliphatic carbocycles. The molecule has 23 heavy (non-hydrogen) atoms. The summed E-state index contributed by atoms with van der Waals surface area (Å²) in [6, 6.07) is 5.93. The number of unbranched alkanes of at least 4 members (excludes halogenated alkanes) is 4. The summed E-state index contributed by atoms with van der Waals surface area (Å²) in [7, 11) is 0. The number of nitro benzene ring substituents is 1. The number of rotatable bonds is 10. The van der Waals surface area contributed by atoms with Crippen molar-refractivity contribution in [1.82, 2.24) is 4.90 Å². The second kappa shape index (κ2) is 9.02. The lowest BCUT2D eigenvalue weighted by Gasteiger charge is -2.29. The zero-order valence-electron chi connectivity index (χ0n) is 14.6. The minimum absolute atomic E-state index is 0.230. The van der Waals surface area contributed by atoms with Crippen LogP contribution < -0.4 is 0 Å². The van der Waals surface area contributed by atoms with Gasteiger partial charge in [0.2, 0.25) is 0 Å². The molecule has 4 nitrogen and oxygen atoms in total. The van der Waals surface area contributed by atoms with Crippen molar-refractivity contribution in [2.45, 2.75) is 71.3 Å². The van der Waals surface area contributed by atoms with Crippen LogP contribution in [-0.4, -0.2) is 29.0 Å². The Labute approximate surface area is 140 Å². The molecule has 4 heteroatoms. The van der Waals surface area contributed by atoms with Crippen LogP contribution in [0.4, 0.5) is 5.69 Å². The number of nitro groups is 1. The highest BCUT2D eigenvalue weighted by atomic mass is 16.6. The maximum Gasteiger partial charge on any atom is 0.269 e. The first-order valence-corrected chi connectivity index (χ1v) is 9.16. The van der Waals surface area contributed by atoms with Crippen molar-refractivity contribution < 1.29 is 4.92 Å². The van der Waals surface area contributed by atoms with E-state index in [0.29, 0.717) is 6.04 Å². The Hall–Kier alpha value is -1.42. The van der Waals surface area contributed by atoms with E-state index in [2.05, 4.69) is 18.7 Å². The minimum Gasteiger partial charge on any atom is -0.300 e. The molecule has 0 amide bonds. The van der Waals surface area contributed by atoms with Crippen molar-refractivity contribution >= 4 is 5.69 Å². The molecular weight excluding hydrogens is 288 g/mol. The third kappa shape index (κ3) is 5.03. The Balaban J connectivity index is 2.00. The lowest BCUT2D eigenvalue weighted by atomic mass is 10.1. The van der Waals surface area contributed by atoms with Crippen LogP contribution in [0.5, 0.6) is 0 Å². The van der Waals surface area contributed by atoms with Gasteiger partial charge in [0.15, 0.2) is 0 Å². The Morgan fingerprint density at radius 3 is 2.22 bits per heavy atom. The van der Waals surface area contributed by atoms with E-state index in [1.54, 1.807) is 12.1 Å². The smallest absolute Gasteiger partial charge is 0.269 e. The normalized spacial score (nSPS) is 16.7. The number of benzene rings is 1. The predicted molar refractivity (Wildman–Crippen MR) is 94.9 cm³/mol. The Kier molecular flexibility index (Phi) is 7.03. The Morgan fingerprint density at radius 2 is 1.65 bits per heavy atom. The number of nitrogens with zero attached hydrogens (tertiary/aromatic N) is 2. The summed E-state index contributed by atoms with van der Waals surface area (Å²) in [6.45, 7) is 6.81. The van der Waals surface area contributed by atoms with Crippen molar-refractivity contribution in [3.63, 3.8) is 0 Å². The van der Waals surface area contributed by atoms with E-state index in [1.807, 2.05) is 6.07 Å². The van der Waals surface area contributed by atoms with Crippen LogP contribution in [0.25, 0.3) is 0 Å². The fourth-order valence-electron chi connectivity index (χ4n) is 3.56. The molecule has 0 heterocycles. The van der Waals surface area contributed by atoms with Gasteiger partial charge >= 0.3 is 0 Å². The molecule has 0 N–H and O–H groups in total. The summed E-state index contributed by atoms with van der Waals surface area (Å²) in [4.78, 5) is 13.3. The van der Waals surface area contributed by atoms with Gasteiger partial charge in [-0.25, -0.2) is 0 Å². The van der Waals surface area contributed by atoms with E-state index in [1.165, 1.54) is 49.7 Å². The highest BCUT2D eigenvalue weighted by Crippen LogP contribution is 2.29. The molecule has 1 atom stereocenters. The molecule has 1 aromatic rings. The molecule has 1 unspecified atom stereocenters. The van der Waals surface area contributed by atoms with Crippen LogP contribution in [0.1, 0.15) is 63.5 Å². The standard InChI is InChI=1S/C19H30N2O2/c1-3-5-7-11-20(12-8-6-4-2)19-13-16-9-10-18(21(22)23)14-17(16)15-19/h9-10,14,19H,3-8,11-13,15H2,1-2H3. The van der Waals surface area contributed by atoms with Crippen LogP contribution >= 0.6 is 0 Å². The second-order valence-corrected chi connectivity index (χ2v) is 6.72. The van der Waals surface area contributed by atoms with Gasteiger partial charge in [0.05, 0.1) is 4.92 Å². The minimum atomic E-state index is -0.284. The molecule has 0 spiro atoms. The zero-order valence-corrected chi connectivity index (χ0v) is 14.6. The number of hydrogen-bond acceptors (Lipinski definition) is 3. The van der Waals surface area contributed by atoms with Crippen molar-refractivity contribution in [2.75, 3.05) is 13.1 Å². The van der Waals surface area contributed by atoms with Gasteiger partial charge in [-0.1, -0.05) is 45.6 Å². The molecule has 0 saturated heterocycles. The summed E-state index contributed by atoms with van der Waals surface area (Å²) in [5.41, 5.74) is 2.71.